The third-order valence-corrected chi connectivity index (χ3v) is 5.73. The van der Waals surface area contributed by atoms with Gasteiger partial charge in [0.15, 0.2) is 0 Å². The molecule has 0 N–H and O–H groups in total. The molecule has 2 heterocycles. The number of carbonyl (C=O) groups is 1. The minimum absolute atomic E-state index is 0.0900. The molecule has 1 aromatic rings. The SMILES string of the molecule is CC1COCCN1C(=O)c1cc(Br)c(Br)s1. The molecule has 2 rings (SSSR count). The largest absolute Gasteiger partial charge is 0.377 e. The zero-order chi connectivity index (χ0) is 11.7. The molecule has 1 atom stereocenters. The first kappa shape index (κ1) is 12.5. The van der Waals surface area contributed by atoms with E-state index in [-0.39, 0.29) is 11.9 Å². The van der Waals surface area contributed by atoms with Gasteiger partial charge in [-0.3, -0.25) is 4.79 Å². The van der Waals surface area contributed by atoms with Crippen LogP contribution in [0.15, 0.2) is 14.3 Å². The molecule has 3 nitrogen and oxygen atoms in total. The number of morpholine rings is 1. The molecule has 88 valence electrons. The van der Waals surface area contributed by atoms with Gasteiger partial charge in [0.1, 0.15) is 0 Å². The summed E-state index contributed by atoms with van der Waals surface area (Å²) < 4.78 is 7.21. The number of hydrogen-bond donors (Lipinski definition) is 0. The fourth-order valence-electron chi connectivity index (χ4n) is 1.62. The van der Waals surface area contributed by atoms with Crippen molar-refractivity contribution < 1.29 is 9.53 Å². The summed E-state index contributed by atoms with van der Waals surface area (Å²) in [5, 5.41) is 0. The van der Waals surface area contributed by atoms with Crippen molar-refractivity contribution in [3.63, 3.8) is 0 Å². The summed E-state index contributed by atoms with van der Waals surface area (Å²) in [6, 6.07) is 2.01. The number of carbonyl (C=O) groups excluding carboxylic acids is 1. The Kier molecular flexibility index (Phi) is 4.05. The van der Waals surface area contributed by atoms with Crippen LogP contribution < -0.4 is 0 Å². The van der Waals surface area contributed by atoms with E-state index in [9.17, 15) is 4.79 Å². The maximum absolute atomic E-state index is 12.2. The minimum atomic E-state index is 0.0900. The van der Waals surface area contributed by atoms with Gasteiger partial charge in [-0.1, -0.05) is 0 Å². The minimum Gasteiger partial charge on any atom is -0.377 e. The molecule has 16 heavy (non-hydrogen) atoms. The van der Waals surface area contributed by atoms with E-state index >= 15 is 0 Å². The smallest absolute Gasteiger partial charge is 0.264 e. The summed E-state index contributed by atoms with van der Waals surface area (Å²) in [5.41, 5.74) is 0. The Hall–Kier alpha value is 0.0900. The third-order valence-electron chi connectivity index (χ3n) is 2.48. The van der Waals surface area contributed by atoms with Crippen molar-refractivity contribution in [3.8, 4) is 0 Å². The fraction of sp³-hybridized carbons (Fsp3) is 0.500. The highest BCUT2D eigenvalue weighted by Crippen LogP contribution is 2.33. The molecule has 1 aromatic heterocycles. The molecule has 0 spiro atoms. The van der Waals surface area contributed by atoms with E-state index in [1.54, 1.807) is 0 Å². The number of amides is 1. The van der Waals surface area contributed by atoms with E-state index in [0.717, 1.165) is 13.1 Å². The lowest BCUT2D eigenvalue weighted by Crippen LogP contribution is -2.46. The predicted octanol–water partition coefficient (Wildman–Crippen LogP) is 3.13. The van der Waals surface area contributed by atoms with Crippen molar-refractivity contribution in [3.05, 3.63) is 19.2 Å². The topological polar surface area (TPSA) is 29.5 Å². The molecule has 0 aromatic carbocycles. The molecule has 1 aliphatic heterocycles. The molecule has 6 heteroatoms. The van der Waals surface area contributed by atoms with Crippen LogP contribution >= 0.6 is 43.2 Å². The fourth-order valence-corrected chi connectivity index (χ4v) is 3.61. The molecule has 1 fully saturated rings. The van der Waals surface area contributed by atoms with Gasteiger partial charge in [0.2, 0.25) is 0 Å². The number of halogens is 2. The number of nitrogens with zero attached hydrogens (tertiary/aromatic N) is 1. The summed E-state index contributed by atoms with van der Waals surface area (Å²) >= 11 is 8.25. The number of ether oxygens (including phenoxy) is 1. The van der Waals surface area contributed by atoms with Crippen LogP contribution in [0.5, 0.6) is 0 Å². The highest BCUT2D eigenvalue weighted by atomic mass is 79.9. The van der Waals surface area contributed by atoms with Gasteiger partial charge in [-0.05, 0) is 44.8 Å². The van der Waals surface area contributed by atoms with Gasteiger partial charge < -0.3 is 9.64 Å². The molecule has 0 radical (unpaired) electrons. The average molecular weight is 369 g/mol. The standard InChI is InChI=1S/C10H11Br2NO2S/c1-6-5-15-3-2-13(6)10(14)8-4-7(11)9(12)16-8/h4,6H,2-3,5H2,1H3. The van der Waals surface area contributed by atoms with Gasteiger partial charge in [0.25, 0.3) is 5.91 Å². The van der Waals surface area contributed by atoms with E-state index in [2.05, 4.69) is 31.9 Å². The normalized spacial score (nSPS) is 21.2. The first-order valence-corrected chi connectivity index (χ1v) is 7.33. The molecule has 1 aliphatic rings. The van der Waals surface area contributed by atoms with Gasteiger partial charge in [0.05, 0.1) is 27.9 Å². The maximum Gasteiger partial charge on any atom is 0.264 e. The Labute approximate surface area is 115 Å². The Morgan fingerprint density at radius 1 is 1.62 bits per heavy atom. The highest BCUT2D eigenvalue weighted by Gasteiger charge is 2.26. The van der Waals surface area contributed by atoms with E-state index in [1.165, 1.54) is 11.3 Å². The second kappa shape index (κ2) is 5.16. The summed E-state index contributed by atoms with van der Waals surface area (Å²) in [5.74, 6) is 0.0900. The second-order valence-electron chi connectivity index (χ2n) is 3.65. The molecular weight excluding hydrogens is 358 g/mol. The van der Waals surface area contributed by atoms with Crippen LogP contribution in [-0.2, 0) is 4.74 Å². The molecule has 0 bridgehead atoms. The van der Waals surface area contributed by atoms with Gasteiger partial charge >= 0.3 is 0 Å². The quantitative estimate of drug-likeness (QED) is 0.762. The predicted molar refractivity (Wildman–Crippen MR) is 71.0 cm³/mol. The summed E-state index contributed by atoms with van der Waals surface area (Å²) in [6.45, 7) is 3.94. The van der Waals surface area contributed by atoms with Gasteiger partial charge in [-0.25, -0.2) is 0 Å². The lowest BCUT2D eigenvalue weighted by Gasteiger charge is -2.32. The number of hydrogen-bond acceptors (Lipinski definition) is 3. The highest BCUT2D eigenvalue weighted by molar-refractivity contribution is 9.13. The molecule has 1 amide bonds. The molecule has 0 saturated carbocycles. The zero-order valence-electron chi connectivity index (χ0n) is 8.70. The Balaban J connectivity index is 2.17. The van der Waals surface area contributed by atoms with Crippen LogP contribution in [0.2, 0.25) is 0 Å². The number of thiophene rings is 1. The van der Waals surface area contributed by atoms with Crippen molar-refractivity contribution in [1.82, 2.24) is 4.90 Å². The zero-order valence-corrected chi connectivity index (χ0v) is 12.7. The third kappa shape index (κ3) is 2.50. The maximum atomic E-state index is 12.2. The Morgan fingerprint density at radius 2 is 2.38 bits per heavy atom. The molecule has 1 saturated heterocycles. The van der Waals surface area contributed by atoms with Crippen LogP contribution in [0.1, 0.15) is 16.6 Å². The van der Waals surface area contributed by atoms with Crippen LogP contribution in [0.25, 0.3) is 0 Å². The average Bonchev–Trinajstić information content (AvgIpc) is 2.59. The van der Waals surface area contributed by atoms with Crippen molar-refractivity contribution >= 4 is 49.1 Å². The molecular formula is C10H11Br2NO2S. The van der Waals surface area contributed by atoms with Crippen LogP contribution in [0, 0.1) is 0 Å². The Morgan fingerprint density at radius 3 is 2.94 bits per heavy atom. The van der Waals surface area contributed by atoms with Crippen LogP contribution in [0.4, 0.5) is 0 Å². The van der Waals surface area contributed by atoms with Crippen molar-refractivity contribution in [1.29, 1.82) is 0 Å². The van der Waals surface area contributed by atoms with Gasteiger partial charge in [-0.15, -0.1) is 11.3 Å². The lowest BCUT2D eigenvalue weighted by molar-refractivity contribution is 0.00387. The molecule has 1 unspecified atom stereocenters. The van der Waals surface area contributed by atoms with Crippen LogP contribution in [0.3, 0.4) is 0 Å². The van der Waals surface area contributed by atoms with E-state index in [0.29, 0.717) is 19.8 Å². The summed E-state index contributed by atoms with van der Waals surface area (Å²) in [6.07, 6.45) is 0. The van der Waals surface area contributed by atoms with E-state index in [1.807, 2.05) is 17.9 Å². The van der Waals surface area contributed by atoms with Crippen molar-refractivity contribution in [2.45, 2.75) is 13.0 Å². The second-order valence-corrected chi connectivity index (χ2v) is 6.88. The number of rotatable bonds is 1. The van der Waals surface area contributed by atoms with Crippen molar-refractivity contribution in [2.75, 3.05) is 19.8 Å². The lowest BCUT2D eigenvalue weighted by atomic mass is 10.2. The molecule has 0 aliphatic carbocycles. The van der Waals surface area contributed by atoms with E-state index in [4.69, 9.17) is 4.74 Å². The van der Waals surface area contributed by atoms with Crippen LogP contribution in [-0.4, -0.2) is 36.6 Å². The van der Waals surface area contributed by atoms with Gasteiger partial charge in [-0.2, -0.15) is 0 Å². The Bertz CT molecular complexity index is 388. The first-order valence-electron chi connectivity index (χ1n) is 4.93. The van der Waals surface area contributed by atoms with Gasteiger partial charge in [0, 0.05) is 11.0 Å². The van der Waals surface area contributed by atoms with E-state index < -0.39 is 0 Å². The monoisotopic (exact) mass is 367 g/mol. The van der Waals surface area contributed by atoms with Crippen molar-refractivity contribution in [2.24, 2.45) is 0 Å². The summed E-state index contributed by atoms with van der Waals surface area (Å²) in [7, 11) is 0. The first-order chi connectivity index (χ1) is 7.59. The summed E-state index contributed by atoms with van der Waals surface area (Å²) in [4.78, 5) is 14.8.